The van der Waals surface area contributed by atoms with Crippen molar-refractivity contribution in [2.45, 2.75) is 19.8 Å². The van der Waals surface area contributed by atoms with Crippen molar-refractivity contribution < 1.29 is 14.3 Å². The number of benzene rings is 1. The number of hydrogen-bond donors (Lipinski definition) is 1. The fraction of sp³-hybridized carbons (Fsp3) is 0.368. The minimum atomic E-state index is -0.465. The number of nitrogens with zero attached hydrogens (tertiary/aromatic N) is 3. The monoisotopic (exact) mass is 388 g/mol. The first kappa shape index (κ1) is 19.1. The second-order valence-corrected chi connectivity index (χ2v) is 7.01. The number of nitrogens with one attached hydrogen (secondary N) is 1. The van der Waals surface area contributed by atoms with Crippen LogP contribution in [0.2, 0.25) is 5.02 Å². The summed E-state index contributed by atoms with van der Waals surface area (Å²) in [6.45, 7) is 3.62. The van der Waals surface area contributed by atoms with E-state index in [-0.39, 0.29) is 5.91 Å². The van der Waals surface area contributed by atoms with Crippen molar-refractivity contribution in [1.29, 1.82) is 0 Å². The van der Waals surface area contributed by atoms with E-state index >= 15 is 0 Å². The SMILES string of the molecule is COC(=O)c1ccc(Cl)c(Nc2cc(C(=O)N3CCCC(C)C3)ncn2)c1. The Morgan fingerprint density at radius 1 is 1.30 bits per heavy atom. The van der Waals surface area contributed by atoms with Crippen LogP contribution < -0.4 is 5.32 Å². The number of methoxy groups -OCH3 is 1. The first-order chi connectivity index (χ1) is 13.0. The van der Waals surface area contributed by atoms with Gasteiger partial charge in [-0.25, -0.2) is 14.8 Å². The zero-order valence-electron chi connectivity index (χ0n) is 15.2. The van der Waals surface area contributed by atoms with Gasteiger partial charge in [0.25, 0.3) is 5.91 Å². The molecule has 1 atom stereocenters. The molecule has 7 nitrogen and oxygen atoms in total. The van der Waals surface area contributed by atoms with Crippen LogP contribution in [-0.2, 0) is 4.74 Å². The number of halogens is 1. The van der Waals surface area contributed by atoms with Crippen LogP contribution in [0.15, 0.2) is 30.6 Å². The van der Waals surface area contributed by atoms with Crippen molar-refractivity contribution in [2.75, 3.05) is 25.5 Å². The van der Waals surface area contributed by atoms with Crippen molar-refractivity contribution in [3.63, 3.8) is 0 Å². The Kier molecular flexibility index (Phi) is 5.91. The lowest BCUT2D eigenvalue weighted by atomic mass is 10.00. The summed E-state index contributed by atoms with van der Waals surface area (Å²) in [6.07, 6.45) is 3.47. The zero-order chi connectivity index (χ0) is 19.4. The summed E-state index contributed by atoms with van der Waals surface area (Å²) in [5, 5.41) is 3.45. The van der Waals surface area contributed by atoms with E-state index in [0.717, 1.165) is 25.9 Å². The average Bonchev–Trinajstić information content (AvgIpc) is 2.68. The summed E-state index contributed by atoms with van der Waals surface area (Å²) in [4.78, 5) is 34.5. The molecule has 1 unspecified atom stereocenters. The van der Waals surface area contributed by atoms with E-state index in [1.54, 1.807) is 24.3 Å². The molecule has 1 saturated heterocycles. The zero-order valence-corrected chi connectivity index (χ0v) is 16.0. The third-order valence-corrected chi connectivity index (χ3v) is 4.81. The number of hydrogen-bond acceptors (Lipinski definition) is 6. The first-order valence-corrected chi connectivity index (χ1v) is 9.12. The van der Waals surface area contributed by atoms with E-state index in [0.29, 0.717) is 33.7 Å². The van der Waals surface area contributed by atoms with Crippen molar-refractivity contribution in [2.24, 2.45) is 5.92 Å². The van der Waals surface area contributed by atoms with Crippen molar-refractivity contribution in [1.82, 2.24) is 14.9 Å². The molecule has 142 valence electrons. The number of amides is 1. The summed E-state index contributed by atoms with van der Waals surface area (Å²) >= 11 is 6.20. The van der Waals surface area contributed by atoms with Gasteiger partial charge in [0.05, 0.1) is 23.4 Å². The molecule has 2 heterocycles. The molecule has 1 N–H and O–H groups in total. The van der Waals surface area contributed by atoms with Crippen LogP contribution in [0.4, 0.5) is 11.5 Å². The predicted molar refractivity (Wildman–Crippen MR) is 102 cm³/mol. The summed E-state index contributed by atoms with van der Waals surface area (Å²) in [7, 11) is 1.31. The van der Waals surface area contributed by atoms with Crippen molar-refractivity contribution in [3.8, 4) is 0 Å². The van der Waals surface area contributed by atoms with E-state index in [2.05, 4.69) is 22.2 Å². The number of rotatable bonds is 4. The second kappa shape index (κ2) is 8.35. The highest BCUT2D eigenvalue weighted by atomic mass is 35.5. The Morgan fingerprint density at radius 3 is 2.85 bits per heavy atom. The first-order valence-electron chi connectivity index (χ1n) is 8.74. The quantitative estimate of drug-likeness (QED) is 0.806. The molecular formula is C19H21ClN4O3. The van der Waals surface area contributed by atoms with Crippen molar-refractivity contribution >= 4 is 35.0 Å². The number of piperidine rings is 1. The maximum Gasteiger partial charge on any atom is 0.337 e. The number of ether oxygens (including phenoxy) is 1. The molecule has 3 rings (SSSR count). The van der Waals surface area contributed by atoms with Crippen LogP contribution in [0.5, 0.6) is 0 Å². The number of esters is 1. The van der Waals surface area contributed by atoms with E-state index in [9.17, 15) is 9.59 Å². The predicted octanol–water partition coefficient (Wildman–Crippen LogP) is 3.53. The average molecular weight is 389 g/mol. The normalized spacial score (nSPS) is 16.7. The molecule has 27 heavy (non-hydrogen) atoms. The number of carbonyl (C=O) groups excluding carboxylic acids is 2. The van der Waals surface area contributed by atoms with E-state index in [1.807, 2.05) is 4.90 Å². The molecule has 0 aliphatic carbocycles. The van der Waals surface area contributed by atoms with Gasteiger partial charge >= 0.3 is 5.97 Å². The Labute approximate surface area is 162 Å². The second-order valence-electron chi connectivity index (χ2n) is 6.60. The summed E-state index contributed by atoms with van der Waals surface area (Å²) in [5.41, 5.74) is 1.17. The standard InChI is InChI=1S/C19H21ClN4O3/c1-12-4-3-7-24(10-12)18(25)16-9-17(22-11-21-16)23-15-8-13(19(26)27-2)5-6-14(15)20/h5-6,8-9,11-12H,3-4,7,10H2,1-2H3,(H,21,22,23). The molecule has 0 bridgehead atoms. The minimum absolute atomic E-state index is 0.110. The van der Waals surface area contributed by atoms with Crippen LogP contribution >= 0.6 is 11.6 Å². The fourth-order valence-electron chi connectivity index (χ4n) is 3.08. The van der Waals surface area contributed by atoms with E-state index in [1.165, 1.54) is 13.4 Å². The highest BCUT2D eigenvalue weighted by molar-refractivity contribution is 6.33. The fourth-order valence-corrected chi connectivity index (χ4v) is 3.25. The molecule has 0 radical (unpaired) electrons. The highest BCUT2D eigenvalue weighted by Gasteiger charge is 2.23. The van der Waals surface area contributed by atoms with E-state index in [4.69, 9.17) is 16.3 Å². The van der Waals surface area contributed by atoms with Gasteiger partial charge in [0.15, 0.2) is 0 Å². The maximum atomic E-state index is 12.7. The van der Waals surface area contributed by atoms with Gasteiger partial charge in [0.1, 0.15) is 17.8 Å². The Morgan fingerprint density at radius 2 is 2.11 bits per heavy atom. The van der Waals surface area contributed by atoms with Crippen LogP contribution in [0.1, 0.15) is 40.6 Å². The van der Waals surface area contributed by atoms with E-state index < -0.39 is 5.97 Å². The largest absolute Gasteiger partial charge is 0.465 e. The van der Waals surface area contributed by atoms with Gasteiger partial charge in [-0.2, -0.15) is 0 Å². The number of carbonyl (C=O) groups is 2. The van der Waals surface area contributed by atoms with Crippen LogP contribution in [0, 0.1) is 5.92 Å². The van der Waals surface area contributed by atoms with Gasteiger partial charge in [0, 0.05) is 19.2 Å². The van der Waals surface area contributed by atoms with Gasteiger partial charge in [-0.1, -0.05) is 18.5 Å². The van der Waals surface area contributed by atoms with Gasteiger partial charge in [-0.05, 0) is 37.0 Å². The molecule has 1 amide bonds. The molecule has 2 aromatic rings. The lowest BCUT2D eigenvalue weighted by Crippen LogP contribution is -2.39. The van der Waals surface area contributed by atoms with Crippen molar-refractivity contribution in [3.05, 3.63) is 46.9 Å². The Bertz CT molecular complexity index is 859. The smallest absolute Gasteiger partial charge is 0.337 e. The number of aromatic nitrogens is 2. The molecule has 1 aromatic carbocycles. The summed E-state index contributed by atoms with van der Waals surface area (Å²) < 4.78 is 4.72. The molecule has 0 saturated carbocycles. The maximum absolute atomic E-state index is 12.7. The molecule has 8 heteroatoms. The van der Waals surface area contributed by atoms with Gasteiger partial charge in [0.2, 0.25) is 0 Å². The molecule has 1 aromatic heterocycles. The highest BCUT2D eigenvalue weighted by Crippen LogP contribution is 2.26. The lowest BCUT2D eigenvalue weighted by Gasteiger charge is -2.30. The molecule has 0 spiro atoms. The number of anilines is 2. The Hall–Kier alpha value is -2.67. The molecule has 1 fully saturated rings. The van der Waals surface area contributed by atoms with Gasteiger partial charge < -0.3 is 15.0 Å². The van der Waals surface area contributed by atoms with Crippen LogP contribution in [0.3, 0.4) is 0 Å². The van der Waals surface area contributed by atoms with Gasteiger partial charge in [-0.3, -0.25) is 4.79 Å². The topological polar surface area (TPSA) is 84.4 Å². The minimum Gasteiger partial charge on any atom is -0.465 e. The van der Waals surface area contributed by atoms with Gasteiger partial charge in [-0.15, -0.1) is 0 Å². The summed E-state index contributed by atoms with van der Waals surface area (Å²) in [5.74, 6) is 0.332. The molecular weight excluding hydrogens is 368 g/mol. The van der Waals surface area contributed by atoms with Crippen LogP contribution in [-0.4, -0.2) is 46.9 Å². The molecule has 1 aliphatic heterocycles. The lowest BCUT2D eigenvalue weighted by molar-refractivity contribution is 0.0600. The third-order valence-electron chi connectivity index (χ3n) is 4.48. The Balaban J connectivity index is 1.80. The molecule has 1 aliphatic rings. The number of likely N-dealkylation sites (tertiary alicyclic amines) is 1. The third kappa shape index (κ3) is 4.54. The summed E-state index contributed by atoms with van der Waals surface area (Å²) in [6, 6.07) is 6.33. The van der Waals surface area contributed by atoms with Crippen LogP contribution in [0.25, 0.3) is 0 Å².